The van der Waals surface area contributed by atoms with Crippen LogP contribution in [0.2, 0.25) is 0 Å². The molecule has 2 N–H and O–H groups in total. The Morgan fingerprint density at radius 1 is 0.977 bits per heavy atom. The number of aromatic nitrogens is 2. The highest BCUT2D eigenvalue weighted by molar-refractivity contribution is 6.23. The summed E-state index contributed by atoms with van der Waals surface area (Å²) in [5, 5.41) is 5.61. The fourth-order valence-corrected chi connectivity index (χ4v) is 4.42. The Balaban J connectivity index is 1.29. The molecule has 0 spiro atoms. The molecule has 10 nitrogen and oxygen atoms in total. The van der Waals surface area contributed by atoms with E-state index in [9.17, 15) is 18.8 Å². The lowest BCUT2D eigenvalue weighted by atomic mass is 10.0. The molecule has 1 saturated heterocycles. The number of carbonyl (C=O) groups excluding carboxylic acids is 3. The highest BCUT2D eigenvalue weighted by Crippen LogP contribution is 2.30. The number of imide groups is 1. The van der Waals surface area contributed by atoms with E-state index >= 15 is 4.39 Å². The summed E-state index contributed by atoms with van der Waals surface area (Å²) < 4.78 is 34.2. The molecular weight excluding hydrogens is 558 g/mol. The molecule has 3 heterocycles. The van der Waals surface area contributed by atoms with E-state index in [1.165, 1.54) is 35.4 Å². The molecule has 12 heteroatoms. The maximum Gasteiger partial charge on any atom is 0.331 e. The van der Waals surface area contributed by atoms with Crippen LogP contribution in [-0.2, 0) is 9.59 Å². The van der Waals surface area contributed by atoms with Crippen molar-refractivity contribution in [2.24, 2.45) is 5.92 Å². The lowest BCUT2D eigenvalue weighted by Gasteiger charge is -2.39. The summed E-state index contributed by atoms with van der Waals surface area (Å²) in [7, 11) is 0. The summed E-state index contributed by atoms with van der Waals surface area (Å²) in [6.45, 7) is 5.26. The molecule has 0 aliphatic carbocycles. The fraction of sp³-hybridized carbons (Fsp3) is 0.194. The fourth-order valence-electron chi connectivity index (χ4n) is 4.42. The van der Waals surface area contributed by atoms with Crippen LogP contribution in [0.1, 0.15) is 19.4 Å². The first-order valence-electron chi connectivity index (χ1n) is 13.4. The van der Waals surface area contributed by atoms with Crippen molar-refractivity contribution in [3.63, 3.8) is 0 Å². The number of aryl methyl sites for hydroxylation is 1. The summed E-state index contributed by atoms with van der Waals surface area (Å²) in [6.07, 6.45) is 3.21. The van der Waals surface area contributed by atoms with Crippen LogP contribution in [-0.4, -0.2) is 45.3 Å². The maximum atomic E-state index is 15.0. The van der Waals surface area contributed by atoms with Crippen molar-refractivity contribution in [2.45, 2.75) is 26.8 Å². The Morgan fingerprint density at radius 3 is 2.42 bits per heavy atom. The second-order valence-electron chi connectivity index (χ2n) is 10.2. The van der Waals surface area contributed by atoms with E-state index in [0.29, 0.717) is 17.4 Å². The monoisotopic (exact) mass is 586 g/mol. The predicted molar refractivity (Wildman–Crippen MR) is 156 cm³/mol. The average Bonchev–Trinajstić information content (AvgIpc) is 2.97. The summed E-state index contributed by atoms with van der Waals surface area (Å²) in [6, 6.07) is 14.6. The number of benzene rings is 2. The quantitative estimate of drug-likeness (QED) is 0.242. The third-order valence-corrected chi connectivity index (χ3v) is 6.69. The van der Waals surface area contributed by atoms with Crippen molar-refractivity contribution in [2.75, 3.05) is 22.1 Å². The number of pyridine rings is 2. The van der Waals surface area contributed by atoms with Gasteiger partial charge < -0.3 is 20.3 Å². The van der Waals surface area contributed by atoms with E-state index in [0.717, 1.165) is 28.7 Å². The molecule has 2 aromatic heterocycles. The SMILES string of the molecule is Cc1ccc(Nc2cc(Oc3ccc(NC(=O)C4CN(C(C)C)C(=O)N(c5ccc(F)cc5)C4=O)cc3F)ccn2)nc1. The first-order chi connectivity index (χ1) is 20.6. The van der Waals surface area contributed by atoms with Crippen LogP contribution in [0.4, 0.5) is 36.6 Å². The van der Waals surface area contributed by atoms with Crippen LogP contribution in [0.15, 0.2) is 79.1 Å². The number of ether oxygens (including phenoxy) is 1. The first-order valence-corrected chi connectivity index (χ1v) is 13.4. The molecule has 0 saturated carbocycles. The minimum atomic E-state index is -1.28. The molecular formula is C31H28F2N6O4. The number of carbonyl (C=O) groups is 3. The van der Waals surface area contributed by atoms with Gasteiger partial charge in [-0.2, -0.15) is 0 Å². The van der Waals surface area contributed by atoms with Crippen molar-refractivity contribution in [3.8, 4) is 11.5 Å². The van der Waals surface area contributed by atoms with E-state index < -0.39 is 35.4 Å². The van der Waals surface area contributed by atoms with E-state index in [2.05, 4.69) is 20.6 Å². The first kappa shape index (κ1) is 29.1. The Morgan fingerprint density at radius 2 is 1.74 bits per heavy atom. The van der Waals surface area contributed by atoms with Gasteiger partial charge in [0.2, 0.25) is 11.8 Å². The number of rotatable bonds is 8. The Bertz CT molecular complexity index is 1660. The van der Waals surface area contributed by atoms with Gasteiger partial charge in [0.05, 0.1) is 5.69 Å². The number of amides is 4. The molecule has 0 radical (unpaired) electrons. The number of urea groups is 1. The van der Waals surface area contributed by atoms with Gasteiger partial charge in [-0.3, -0.25) is 9.59 Å². The Hall–Kier alpha value is -5.39. The minimum absolute atomic E-state index is 0.0894. The molecule has 220 valence electrons. The van der Waals surface area contributed by atoms with Crippen LogP contribution in [0.25, 0.3) is 0 Å². The molecule has 43 heavy (non-hydrogen) atoms. The summed E-state index contributed by atoms with van der Waals surface area (Å²) in [5.74, 6) is -2.83. The summed E-state index contributed by atoms with van der Waals surface area (Å²) >= 11 is 0. The zero-order chi connectivity index (χ0) is 30.7. The van der Waals surface area contributed by atoms with Gasteiger partial charge in [-0.25, -0.2) is 28.4 Å². The van der Waals surface area contributed by atoms with Gasteiger partial charge in [-0.1, -0.05) is 6.07 Å². The van der Waals surface area contributed by atoms with E-state index in [1.807, 2.05) is 13.0 Å². The second-order valence-corrected chi connectivity index (χ2v) is 10.2. The summed E-state index contributed by atoms with van der Waals surface area (Å²) in [5.41, 5.74) is 1.24. The summed E-state index contributed by atoms with van der Waals surface area (Å²) in [4.78, 5) is 50.4. The smallest absolute Gasteiger partial charge is 0.331 e. The lowest BCUT2D eigenvalue weighted by Crippen LogP contribution is -2.61. The number of anilines is 4. The molecule has 4 aromatic rings. The molecule has 4 amide bonds. The van der Waals surface area contributed by atoms with Crippen LogP contribution in [0.5, 0.6) is 11.5 Å². The highest BCUT2D eigenvalue weighted by atomic mass is 19.1. The minimum Gasteiger partial charge on any atom is -0.454 e. The van der Waals surface area contributed by atoms with Crippen LogP contribution in [0.3, 0.4) is 0 Å². The van der Waals surface area contributed by atoms with Gasteiger partial charge >= 0.3 is 6.03 Å². The van der Waals surface area contributed by atoms with Gasteiger partial charge in [0, 0.05) is 42.8 Å². The standard InChI is InChI=1S/C31H28F2N6O4/c1-18(2)38-17-24(30(41)39(31(38)42)22-8-5-20(32)6-9-22)29(40)36-21-7-10-26(25(33)14-21)43-23-12-13-34-28(15-23)37-27-11-4-19(3)16-35-27/h4-16,18,24H,17H2,1-3H3,(H,36,40)(H,34,35,37). The third kappa shape index (κ3) is 6.58. The Labute approximate surface area is 246 Å². The normalized spacial score (nSPS) is 15.1. The van der Waals surface area contributed by atoms with Crippen molar-refractivity contribution >= 4 is 40.9 Å². The van der Waals surface area contributed by atoms with Gasteiger partial charge in [0.15, 0.2) is 11.6 Å². The zero-order valence-electron chi connectivity index (χ0n) is 23.5. The van der Waals surface area contributed by atoms with Gasteiger partial charge in [-0.05, 0) is 74.9 Å². The molecule has 5 rings (SSSR count). The number of halogens is 2. The van der Waals surface area contributed by atoms with Crippen molar-refractivity contribution in [3.05, 3.63) is 96.3 Å². The van der Waals surface area contributed by atoms with Crippen LogP contribution >= 0.6 is 0 Å². The van der Waals surface area contributed by atoms with Gasteiger partial charge in [0.25, 0.3) is 0 Å². The number of hydrogen-bond acceptors (Lipinski definition) is 7. The van der Waals surface area contributed by atoms with Gasteiger partial charge in [-0.15, -0.1) is 0 Å². The maximum absolute atomic E-state index is 15.0. The number of hydrogen-bond donors (Lipinski definition) is 2. The van der Waals surface area contributed by atoms with E-state index in [-0.39, 0.29) is 29.7 Å². The second kappa shape index (κ2) is 12.2. The largest absolute Gasteiger partial charge is 0.454 e. The average molecular weight is 587 g/mol. The molecule has 1 atom stereocenters. The molecule has 1 aliphatic heterocycles. The molecule has 2 aromatic carbocycles. The van der Waals surface area contributed by atoms with E-state index in [4.69, 9.17) is 4.74 Å². The number of nitrogens with one attached hydrogen (secondary N) is 2. The predicted octanol–water partition coefficient (Wildman–Crippen LogP) is 6.03. The van der Waals surface area contributed by atoms with Crippen molar-refractivity contribution in [1.29, 1.82) is 0 Å². The van der Waals surface area contributed by atoms with Crippen LogP contribution in [0, 0.1) is 24.5 Å². The zero-order valence-corrected chi connectivity index (χ0v) is 23.5. The Kier molecular flexibility index (Phi) is 8.28. The van der Waals surface area contributed by atoms with Crippen LogP contribution < -0.4 is 20.3 Å². The van der Waals surface area contributed by atoms with Crippen molar-refractivity contribution < 1.29 is 27.9 Å². The molecule has 1 unspecified atom stereocenters. The molecule has 0 bridgehead atoms. The molecule has 1 aliphatic rings. The van der Waals surface area contributed by atoms with E-state index in [1.54, 1.807) is 38.2 Å². The van der Waals surface area contributed by atoms with Gasteiger partial charge in [0.1, 0.15) is 29.1 Å². The van der Waals surface area contributed by atoms with Crippen molar-refractivity contribution in [1.82, 2.24) is 14.9 Å². The molecule has 1 fully saturated rings. The lowest BCUT2D eigenvalue weighted by molar-refractivity contribution is -0.132. The highest BCUT2D eigenvalue weighted by Gasteiger charge is 2.44. The topological polar surface area (TPSA) is 117 Å². The number of nitrogens with zero attached hydrogens (tertiary/aromatic N) is 4. The third-order valence-electron chi connectivity index (χ3n) is 6.69.